The number of nitrogens with one attached hydrogen (secondary N) is 1. The highest BCUT2D eigenvalue weighted by Crippen LogP contribution is 2.55. The van der Waals surface area contributed by atoms with Gasteiger partial charge in [0.1, 0.15) is 17.3 Å². The van der Waals surface area contributed by atoms with Gasteiger partial charge in [-0.05, 0) is 96.7 Å². The van der Waals surface area contributed by atoms with Crippen molar-refractivity contribution in [1.82, 2.24) is 15.1 Å². The molecule has 1 unspecified atom stereocenters. The molecule has 0 radical (unpaired) electrons. The van der Waals surface area contributed by atoms with Crippen molar-refractivity contribution < 1.29 is 19.4 Å². The molecule has 1 amide bonds. The zero-order chi connectivity index (χ0) is 27.9. The van der Waals surface area contributed by atoms with E-state index in [1.165, 1.54) is 41.5 Å². The lowest BCUT2D eigenvalue weighted by Crippen LogP contribution is -2.35. The molecule has 1 heterocycles. The highest BCUT2D eigenvalue weighted by molar-refractivity contribution is 5.80. The molecular formula is C33H32FN3O3. The Bertz CT molecular complexity index is 1580. The average Bonchev–Trinajstić information content (AvgIpc) is 3.49. The van der Waals surface area contributed by atoms with E-state index in [1.54, 1.807) is 12.1 Å². The van der Waals surface area contributed by atoms with Gasteiger partial charge in [0, 0.05) is 5.56 Å². The molecule has 2 aliphatic carbocycles. The van der Waals surface area contributed by atoms with Crippen LogP contribution in [0.4, 0.5) is 4.39 Å². The van der Waals surface area contributed by atoms with E-state index in [4.69, 9.17) is 0 Å². The van der Waals surface area contributed by atoms with Gasteiger partial charge in [-0.15, -0.1) is 0 Å². The largest absolute Gasteiger partial charge is 0.508 e. The first kappa shape index (κ1) is 25.9. The zero-order valence-electron chi connectivity index (χ0n) is 22.3. The Morgan fingerprint density at radius 3 is 2.67 bits per heavy atom. The van der Waals surface area contributed by atoms with Crippen LogP contribution in [0, 0.1) is 17.2 Å². The van der Waals surface area contributed by atoms with E-state index in [-0.39, 0.29) is 41.1 Å². The fraction of sp³-hybridized carbons (Fsp3) is 0.273. The lowest BCUT2D eigenvalue weighted by atomic mass is 9.68. The van der Waals surface area contributed by atoms with E-state index in [2.05, 4.69) is 23.4 Å². The van der Waals surface area contributed by atoms with E-state index in [9.17, 15) is 19.4 Å². The maximum Gasteiger partial charge on any atom is 0.225 e. The lowest BCUT2D eigenvalue weighted by molar-refractivity contribution is -0.121. The van der Waals surface area contributed by atoms with Crippen LogP contribution >= 0.6 is 0 Å². The predicted molar refractivity (Wildman–Crippen MR) is 151 cm³/mol. The maximum absolute atomic E-state index is 13.5. The van der Waals surface area contributed by atoms with Gasteiger partial charge in [0.05, 0.1) is 30.0 Å². The number of aromatic nitrogens is 2. The number of aromatic hydroxyl groups is 2. The van der Waals surface area contributed by atoms with Crippen molar-refractivity contribution in [3.05, 3.63) is 113 Å². The highest BCUT2D eigenvalue weighted by Gasteiger charge is 2.46. The Morgan fingerprint density at radius 2 is 1.90 bits per heavy atom. The fourth-order valence-electron chi connectivity index (χ4n) is 6.48. The van der Waals surface area contributed by atoms with E-state index >= 15 is 0 Å². The van der Waals surface area contributed by atoms with Gasteiger partial charge >= 0.3 is 0 Å². The van der Waals surface area contributed by atoms with Crippen LogP contribution in [0.3, 0.4) is 0 Å². The number of nitrogens with zero attached hydrogens (tertiary/aromatic N) is 2. The molecule has 7 heteroatoms. The van der Waals surface area contributed by atoms with E-state index < -0.39 is 0 Å². The summed E-state index contributed by atoms with van der Waals surface area (Å²) in [5.74, 6) is -0.145. The lowest BCUT2D eigenvalue weighted by Gasteiger charge is -2.37. The summed E-state index contributed by atoms with van der Waals surface area (Å²) in [5.41, 5.74) is 5.81. The molecule has 40 heavy (non-hydrogen) atoms. The van der Waals surface area contributed by atoms with Crippen LogP contribution in [0.2, 0.25) is 0 Å². The summed E-state index contributed by atoms with van der Waals surface area (Å²) < 4.78 is 15.4. The molecule has 1 saturated carbocycles. The Hall–Kier alpha value is -4.39. The number of carbonyl (C=O) groups is 1. The second-order valence-electron chi connectivity index (χ2n) is 11.2. The number of phenols is 2. The first-order chi connectivity index (χ1) is 19.3. The summed E-state index contributed by atoms with van der Waals surface area (Å²) in [6, 6.07) is 20.4. The van der Waals surface area contributed by atoms with Gasteiger partial charge in [0.15, 0.2) is 0 Å². The zero-order valence-corrected chi connectivity index (χ0v) is 22.3. The van der Waals surface area contributed by atoms with Crippen LogP contribution in [0.1, 0.15) is 54.6 Å². The summed E-state index contributed by atoms with van der Waals surface area (Å²) >= 11 is 0. The molecule has 0 aliphatic heterocycles. The molecule has 4 aromatic rings. The molecule has 2 aliphatic rings. The fourth-order valence-corrected chi connectivity index (χ4v) is 6.48. The molecular weight excluding hydrogens is 505 g/mol. The summed E-state index contributed by atoms with van der Waals surface area (Å²) in [6.45, 7) is 2.32. The molecule has 3 atom stereocenters. The van der Waals surface area contributed by atoms with Gasteiger partial charge < -0.3 is 15.5 Å². The van der Waals surface area contributed by atoms with Crippen molar-refractivity contribution in [1.29, 1.82) is 0 Å². The number of fused-ring (bicyclic) bond motifs is 2. The third-order valence-corrected chi connectivity index (χ3v) is 8.69. The number of benzene rings is 3. The molecule has 6 rings (SSSR count). The van der Waals surface area contributed by atoms with Gasteiger partial charge in [-0.2, -0.15) is 5.10 Å². The van der Waals surface area contributed by atoms with Crippen LogP contribution in [0.5, 0.6) is 11.5 Å². The van der Waals surface area contributed by atoms with Gasteiger partial charge in [-0.1, -0.05) is 42.8 Å². The minimum absolute atomic E-state index is 0.0119. The predicted octanol–water partition coefficient (Wildman–Crippen LogP) is 6.27. The molecule has 3 N–H and O–H groups in total. The Morgan fingerprint density at radius 1 is 1.12 bits per heavy atom. The van der Waals surface area contributed by atoms with E-state index in [1.807, 2.05) is 41.2 Å². The highest BCUT2D eigenvalue weighted by atomic mass is 19.1. The van der Waals surface area contributed by atoms with Crippen molar-refractivity contribution in [2.45, 2.75) is 45.1 Å². The second kappa shape index (κ2) is 10.3. The number of carbonyl (C=O) groups excluding carboxylic acids is 1. The third kappa shape index (κ3) is 4.88. The Kier molecular flexibility index (Phi) is 6.66. The van der Waals surface area contributed by atoms with Gasteiger partial charge in [-0.25, -0.2) is 9.07 Å². The first-order valence-electron chi connectivity index (χ1n) is 13.7. The van der Waals surface area contributed by atoms with Crippen molar-refractivity contribution in [2.24, 2.45) is 11.3 Å². The standard InChI is InChI=1S/C33H32FN3O3/c1-33-19-23-20-35-37(27-11-9-26(34)10-12-27)30(23)18-25(33)8-7-24(33)17-29(21-5-3-2-4-6-21)36-32(40)16-22-15-28(38)13-14-31(22)39/h2-6,9-15,18,20,24,29,38-39H,7-8,16-17,19H2,1H3,(H,36,40)/t24-,29?,33-/m1/s1. The van der Waals surface area contributed by atoms with Crippen LogP contribution in [0.25, 0.3) is 11.8 Å². The summed E-state index contributed by atoms with van der Waals surface area (Å²) in [6.07, 6.45) is 7.78. The molecule has 204 valence electrons. The molecule has 0 bridgehead atoms. The molecule has 3 aromatic carbocycles. The third-order valence-electron chi connectivity index (χ3n) is 8.69. The molecule has 0 spiro atoms. The summed E-state index contributed by atoms with van der Waals surface area (Å²) in [5, 5.41) is 27.8. The SMILES string of the molecule is C[C@]12Cc3cnn(-c4ccc(F)cc4)c3C=C1CC[C@@H]2CC(NC(=O)Cc1cc(O)ccc1O)c1ccccc1. The Balaban J connectivity index is 1.24. The van der Waals surface area contributed by atoms with E-state index in [0.717, 1.165) is 42.6 Å². The number of phenolic OH excluding ortho intramolecular Hbond substituents is 2. The van der Waals surface area contributed by atoms with Gasteiger partial charge in [-0.3, -0.25) is 4.79 Å². The van der Waals surface area contributed by atoms with Gasteiger partial charge in [0.2, 0.25) is 5.91 Å². The second-order valence-corrected chi connectivity index (χ2v) is 11.2. The topological polar surface area (TPSA) is 87.4 Å². The number of rotatable bonds is 7. The van der Waals surface area contributed by atoms with Crippen molar-refractivity contribution in [3.8, 4) is 17.2 Å². The molecule has 1 aromatic heterocycles. The van der Waals surface area contributed by atoms with Crippen molar-refractivity contribution >= 4 is 12.0 Å². The van der Waals surface area contributed by atoms with Crippen LogP contribution in [-0.4, -0.2) is 25.9 Å². The van der Waals surface area contributed by atoms with Gasteiger partial charge in [0.25, 0.3) is 0 Å². The minimum Gasteiger partial charge on any atom is -0.508 e. The average molecular weight is 538 g/mol. The Labute approximate surface area is 232 Å². The molecule has 1 fully saturated rings. The van der Waals surface area contributed by atoms with Crippen molar-refractivity contribution in [3.63, 3.8) is 0 Å². The monoisotopic (exact) mass is 537 g/mol. The quantitative estimate of drug-likeness (QED) is 0.243. The van der Waals surface area contributed by atoms with E-state index in [0.29, 0.717) is 11.5 Å². The smallest absolute Gasteiger partial charge is 0.225 e. The number of hydrogen-bond acceptors (Lipinski definition) is 4. The number of allylic oxidation sites excluding steroid dienone is 1. The summed E-state index contributed by atoms with van der Waals surface area (Å²) in [4.78, 5) is 13.2. The normalized spacial score (nSPS) is 20.4. The van der Waals surface area contributed by atoms with Crippen LogP contribution in [-0.2, 0) is 17.6 Å². The minimum atomic E-state index is -0.270. The molecule has 0 saturated heterocycles. The number of halogens is 1. The number of hydrogen-bond donors (Lipinski definition) is 3. The first-order valence-corrected chi connectivity index (χ1v) is 13.7. The maximum atomic E-state index is 13.5. The molecule has 6 nitrogen and oxygen atoms in total. The van der Waals surface area contributed by atoms with Crippen LogP contribution in [0.15, 0.2) is 84.6 Å². The van der Waals surface area contributed by atoms with Crippen LogP contribution < -0.4 is 5.32 Å². The number of amides is 1. The van der Waals surface area contributed by atoms with Crippen molar-refractivity contribution in [2.75, 3.05) is 0 Å². The summed E-state index contributed by atoms with van der Waals surface area (Å²) in [7, 11) is 0.